The first kappa shape index (κ1) is 18.2. The Morgan fingerprint density at radius 1 is 1.31 bits per heavy atom. The van der Waals surface area contributed by atoms with Crippen molar-refractivity contribution in [3.8, 4) is 11.5 Å². The number of hydrogen-bond donors (Lipinski definition) is 1. The molecule has 9 nitrogen and oxygen atoms in total. The summed E-state index contributed by atoms with van der Waals surface area (Å²) in [6.45, 7) is 5.69. The van der Waals surface area contributed by atoms with Crippen LogP contribution in [0.3, 0.4) is 0 Å². The maximum absolute atomic E-state index is 12.3. The van der Waals surface area contributed by atoms with Gasteiger partial charge in [-0.1, -0.05) is 17.3 Å². The Hall–Kier alpha value is -2.65. The second-order valence-corrected chi connectivity index (χ2v) is 5.50. The van der Waals surface area contributed by atoms with E-state index in [1.54, 1.807) is 6.20 Å². The Kier molecular flexibility index (Phi) is 6.03. The normalized spacial score (nSPS) is 12.6. The van der Waals surface area contributed by atoms with Gasteiger partial charge in [0.15, 0.2) is 23.5 Å². The smallest absolute Gasteiger partial charge is 0.273 e. The number of amides is 1. The topological polar surface area (TPSA) is 96.7 Å². The lowest BCUT2D eigenvalue weighted by atomic mass is 10.2. The number of para-hydroxylation sites is 1. The monoisotopic (exact) mass is 362 g/mol. The maximum atomic E-state index is 12.3. The number of carbonyl (C=O) groups excluding carboxylic acids is 1. The Balaban J connectivity index is 1.57. The summed E-state index contributed by atoms with van der Waals surface area (Å²) in [5.74, 6) is 1.02. The zero-order valence-corrected chi connectivity index (χ0v) is 14.8. The molecule has 1 aliphatic heterocycles. The van der Waals surface area contributed by atoms with Crippen molar-refractivity contribution < 1.29 is 23.7 Å². The molecule has 0 aliphatic carbocycles. The first-order valence-electron chi connectivity index (χ1n) is 8.50. The first-order chi connectivity index (χ1) is 12.7. The third-order valence-electron chi connectivity index (χ3n) is 3.73. The van der Waals surface area contributed by atoms with Crippen LogP contribution in [0.25, 0.3) is 0 Å². The molecule has 1 aliphatic rings. The van der Waals surface area contributed by atoms with Crippen LogP contribution in [-0.2, 0) is 22.6 Å². The van der Waals surface area contributed by atoms with Crippen molar-refractivity contribution in [2.24, 2.45) is 0 Å². The molecule has 0 unspecified atom stereocenters. The number of nitrogens with zero attached hydrogens (tertiary/aromatic N) is 3. The minimum atomic E-state index is -0.424. The molecule has 2 aromatic rings. The quantitative estimate of drug-likeness (QED) is 0.672. The van der Waals surface area contributed by atoms with Crippen LogP contribution in [0.15, 0.2) is 24.4 Å². The first-order valence-corrected chi connectivity index (χ1v) is 8.50. The summed E-state index contributed by atoms with van der Waals surface area (Å²) in [5.41, 5.74) is 1.06. The highest BCUT2D eigenvalue weighted by Gasteiger charge is 2.19. The lowest BCUT2D eigenvalue weighted by Gasteiger charge is -2.16. The Bertz CT molecular complexity index is 743. The van der Waals surface area contributed by atoms with Gasteiger partial charge < -0.3 is 24.3 Å². The zero-order chi connectivity index (χ0) is 18.4. The Morgan fingerprint density at radius 2 is 2.12 bits per heavy atom. The number of hydrogen-bond acceptors (Lipinski definition) is 7. The molecule has 0 saturated heterocycles. The second kappa shape index (κ2) is 8.63. The number of aromatic nitrogens is 3. The molecule has 1 N–H and O–H groups in total. The number of fused-ring (bicyclic) bond motifs is 1. The lowest BCUT2D eigenvalue weighted by Crippen LogP contribution is -2.24. The molecule has 2 heterocycles. The van der Waals surface area contributed by atoms with E-state index in [2.05, 4.69) is 15.6 Å². The number of ether oxygens (including phenoxy) is 4. The van der Waals surface area contributed by atoms with Gasteiger partial charge in [-0.3, -0.25) is 4.79 Å². The van der Waals surface area contributed by atoms with Crippen LogP contribution in [0.4, 0.5) is 0 Å². The number of carbonyl (C=O) groups is 1. The average Bonchev–Trinajstić information content (AvgIpc) is 3.29. The second-order valence-electron chi connectivity index (χ2n) is 5.50. The molecular formula is C17H22N4O5. The zero-order valence-electron chi connectivity index (χ0n) is 14.8. The number of benzene rings is 1. The van der Waals surface area contributed by atoms with Crippen molar-refractivity contribution in [2.45, 2.75) is 33.2 Å². The summed E-state index contributed by atoms with van der Waals surface area (Å²) in [4.78, 5) is 12.3. The molecule has 0 spiro atoms. The van der Waals surface area contributed by atoms with Gasteiger partial charge in [0, 0.05) is 25.3 Å². The summed E-state index contributed by atoms with van der Waals surface area (Å²) >= 11 is 0. The van der Waals surface area contributed by atoms with E-state index in [1.165, 1.54) is 4.68 Å². The third-order valence-corrected chi connectivity index (χ3v) is 3.73. The van der Waals surface area contributed by atoms with Gasteiger partial charge in [-0.25, -0.2) is 4.68 Å². The molecule has 1 aromatic carbocycles. The molecule has 0 saturated carbocycles. The molecule has 0 atom stereocenters. The van der Waals surface area contributed by atoms with Gasteiger partial charge in [0.1, 0.15) is 0 Å². The maximum Gasteiger partial charge on any atom is 0.273 e. The fraction of sp³-hybridized carbons (Fsp3) is 0.471. The Morgan fingerprint density at radius 3 is 2.88 bits per heavy atom. The summed E-state index contributed by atoms with van der Waals surface area (Å²) in [6.07, 6.45) is 1.14. The highest BCUT2D eigenvalue weighted by atomic mass is 16.7. The van der Waals surface area contributed by atoms with E-state index in [4.69, 9.17) is 18.9 Å². The fourth-order valence-corrected chi connectivity index (χ4v) is 2.57. The van der Waals surface area contributed by atoms with Crippen molar-refractivity contribution in [1.29, 1.82) is 0 Å². The number of nitrogens with one attached hydrogen (secondary N) is 1. The molecule has 26 heavy (non-hydrogen) atoms. The van der Waals surface area contributed by atoms with Gasteiger partial charge >= 0.3 is 0 Å². The van der Waals surface area contributed by atoms with E-state index in [0.717, 1.165) is 5.56 Å². The predicted molar refractivity (Wildman–Crippen MR) is 90.8 cm³/mol. The lowest BCUT2D eigenvalue weighted by molar-refractivity contribution is -0.145. The summed E-state index contributed by atoms with van der Waals surface area (Å²) in [6, 6.07) is 5.55. The summed E-state index contributed by atoms with van der Waals surface area (Å²) in [5, 5.41) is 10.7. The van der Waals surface area contributed by atoms with Gasteiger partial charge in [0.05, 0.1) is 12.7 Å². The molecule has 0 radical (unpaired) electrons. The average molecular weight is 362 g/mol. The fourth-order valence-electron chi connectivity index (χ4n) is 2.57. The molecule has 1 amide bonds. The van der Waals surface area contributed by atoms with Gasteiger partial charge in [0.25, 0.3) is 5.91 Å². The van der Waals surface area contributed by atoms with E-state index < -0.39 is 6.29 Å². The van der Waals surface area contributed by atoms with Gasteiger partial charge in [-0.15, -0.1) is 5.10 Å². The molecule has 9 heteroatoms. The summed E-state index contributed by atoms with van der Waals surface area (Å²) < 4.78 is 23.2. The molecular weight excluding hydrogens is 340 g/mol. The highest BCUT2D eigenvalue weighted by Crippen LogP contribution is 2.35. The minimum absolute atomic E-state index is 0.190. The molecule has 1 aromatic heterocycles. The van der Waals surface area contributed by atoms with Gasteiger partial charge in [-0.2, -0.15) is 0 Å². The largest absolute Gasteiger partial charge is 0.454 e. The molecule has 0 bridgehead atoms. The number of rotatable bonds is 9. The van der Waals surface area contributed by atoms with E-state index >= 15 is 0 Å². The highest BCUT2D eigenvalue weighted by molar-refractivity contribution is 5.91. The predicted octanol–water partition coefficient (Wildman–Crippen LogP) is 1.34. The van der Waals surface area contributed by atoms with Crippen molar-refractivity contribution in [2.75, 3.05) is 20.0 Å². The van der Waals surface area contributed by atoms with Crippen molar-refractivity contribution in [1.82, 2.24) is 20.3 Å². The van der Waals surface area contributed by atoms with Crippen molar-refractivity contribution in [3.05, 3.63) is 35.7 Å². The van der Waals surface area contributed by atoms with E-state index in [0.29, 0.717) is 37.8 Å². The van der Waals surface area contributed by atoms with E-state index in [9.17, 15) is 4.79 Å². The molecule has 3 rings (SSSR count). The van der Waals surface area contributed by atoms with Crippen LogP contribution in [-0.4, -0.2) is 47.2 Å². The van der Waals surface area contributed by atoms with Gasteiger partial charge in [-0.05, 0) is 19.9 Å². The van der Waals surface area contributed by atoms with Crippen LogP contribution in [0.2, 0.25) is 0 Å². The van der Waals surface area contributed by atoms with Crippen molar-refractivity contribution in [3.63, 3.8) is 0 Å². The van der Waals surface area contributed by atoms with Crippen LogP contribution in [0.5, 0.6) is 11.5 Å². The van der Waals surface area contributed by atoms with E-state index in [1.807, 2.05) is 32.0 Å². The standard InChI is InChI=1S/C17H22N4O5/c1-3-23-15(24-4-2)10-21-9-13(19-20-21)17(22)18-8-12-6-5-7-14-16(12)26-11-25-14/h5-7,9,15H,3-4,8,10-11H2,1-2H3,(H,18,22). The SMILES string of the molecule is CCOC(Cn1cc(C(=O)NCc2cccc3c2OCO3)nn1)OCC. The third kappa shape index (κ3) is 4.30. The summed E-state index contributed by atoms with van der Waals surface area (Å²) in [7, 11) is 0. The minimum Gasteiger partial charge on any atom is -0.454 e. The van der Waals surface area contributed by atoms with Gasteiger partial charge in [0.2, 0.25) is 6.79 Å². The van der Waals surface area contributed by atoms with Crippen LogP contribution >= 0.6 is 0 Å². The van der Waals surface area contributed by atoms with Crippen molar-refractivity contribution >= 4 is 5.91 Å². The molecule has 0 fully saturated rings. The van der Waals surface area contributed by atoms with Crippen LogP contribution < -0.4 is 14.8 Å². The van der Waals surface area contributed by atoms with Crippen LogP contribution in [0.1, 0.15) is 29.9 Å². The van der Waals surface area contributed by atoms with E-state index in [-0.39, 0.29) is 18.4 Å². The Labute approximate surface area is 151 Å². The molecule has 140 valence electrons. The van der Waals surface area contributed by atoms with Crippen LogP contribution in [0, 0.1) is 0 Å².